The van der Waals surface area contributed by atoms with Gasteiger partial charge >= 0.3 is 12.0 Å². The molecular weight excluding hydrogens is 246 g/mol. The normalized spacial score (nSPS) is 12.5. The molecule has 0 saturated heterocycles. The van der Waals surface area contributed by atoms with Gasteiger partial charge < -0.3 is 20.6 Å². The van der Waals surface area contributed by atoms with Crippen LogP contribution in [0.15, 0.2) is 0 Å². The Morgan fingerprint density at radius 3 is 2.26 bits per heavy atom. The third-order valence-electron chi connectivity index (χ3n) is 3.14. The third kappa shape index (κ3) is 9.30. The molecule has 0 aliphatic heterocycles. The lowest BCUT2D eigenvalue weighted by Crippen LogP contribution is -2.38. The minimum absolute atomic E-state index is 0.232. The van der Waals surface area contributed by atoms with E-state index in [4.69, 9.17) is 5.11 Å². The Hall–Kier alpha value is -1.30. The third-order valence-corrected chi connectivity index (χ3v) is 3.14. The zero-order valence-electron chi connectivity index (χ0n) is 12.4. The number of rotatable bonds is 9. The maximum Gasteiger partial charge on any atom is 0.314 e. The fourth-order valence-corrected chi connectivity index (χ4v) is 1.38. The highest BCUT2D eigenvalue weighted by Crippen LogP contribution is 1.99. The molecule has 1 atom stereocenters. The van der Waals surface area contributed by atoms with E-state index in [0.29, 0.717) is 25.6 Å². The molecule has 0 fully saturated rings. The van der Waals surface area contributed by atoms with Crippen LogP contribution in [0, 0.1) is 5.92 Å². The van der Waals surface area contributed by atoms with Crippen molar-refractivity contribution in [1.29, 1.82) is 0 Å². The van der Waals surface area contributed by atoms with Crippen LogP contribution in [-0.2, 0) is 4.79 Å². The Morgan fingerprint density at radius 2 is 1.74 bits per heavy atom. The minimum Gasteiger partial charge on any atom is -0.481 e. The molecular formula is C13H27N3O3. The summed E-state index contributed by atoms with van der Waals surface area (Å²) in [7, 11) is 2.05. The van der Waals surface area contributed by atoms with Crippen LogP contribution >= 0.6 is 0 Å². The molecule has 19 heavy (non-hydrogen) atoms. The lowest BCUT2D eigenvalue weighted by atomic mass is 10.1. The molecule has 0 aliphatic carbocycles. The first-order chi connectivity index (χ1) is 8.84. The van der Waals surface area contributed by atoms with Crippen molar-refractivity contribution in [2.45, 2.75) is 39.7 Å². The summed E-state index contributed by atoms with van der Waals surface area (Å²) in [4.78, 5) is 24.2. The zero-order valence-corrected chi connectivity index (χ0v) is 12.4. The lowest BCUT2D eigenvalue weighted by molar-refractivity contribution is -0.141. The zero-order chi connectivity index (χ0) is 14.8. The van der Waals surface area contributed by atoms with Crippen molar-refractivity contribution < 1.29 is 14.7 Å². The van der Waals surface area contributed by atoms with Crippen molar-refractivity contribution in [2.75, 3.05) is 26.7 Å². The molecule has 3 N–H and O–H groups in total. The Labute approximate surface area is 115 Å². The van der Waals surface area contributed by atoms with Crippen molar-refractivity contribution in [2.24, 2.45) is 5.92 Å². The number of hydrogen-bond acceptors (Lipinski definition) is 3. The second-order valence-corrected chi connectivity index (χ2v) is 5.14. The van der Waals surface area contributed by atoms with Gasteiger partial charge in [0, 0.05) is 19.1 Å². The minimum atomic E-state index is -0.834. The molecule has 6 heteroatoms. The molecule has 0 radical (unpaired) electrons. The van der Waals surface area contributed by atoms with Gasteiger partial charge in [0.1, 0.15) is 0 Å². The van der Waals surface area contributed by atoms with E-state index < -0.39 is 11.9 Å². The van der Waals surface area contributed by atoms with Crippen molar-refractivity contribution >= 4 is 12.0 Å². The monoisotopic (exact) mass is 273 g/mol. The van der Waals surface area contributed by atoms with Gasteiger partial charge in [-0.3, -0.25) is 4.79 Å². The van der Waals surface area contributed by atoms with Gasteiger partial charge in [-0.15, -0.1) is 0 Å². The average Bonchev–Trinajstić information content (AvgIpc) is 2.33. The molecule has 0 bridgehead atoms. The molecule has 6 nitrogen and oxygen atoms in total. The van der Waals surface area contributed by atoms with E-state index >= 15 is 0 Å². The molecule has 0 spiro atoms. The van der Waals surface area contributed by atoms with Crippen LogP contribution in [-0.4, -0.2) is 54.7 Å². The number of carboxylic acid groups (broad SMARTS) is 1. The molecule has 1 unspecified atom stereocenters. The predicted octanol–water partition coefficient (Wildman–Crippen LogP) is 1.13. The largest absolute Gasteiger partial charge is 0.481 e. The summed E-state index contributed by atoms with van der Waals surface area (Å²) in [6.45, 7) is 7.83. The molecule has 0 aromatic carbocycles. The molecule has 0 rings (SSSR count). The first-order valence-corrected chi connectivity index (χ1v) is 6.79. The van der Waals surface area contributed by atoms with Crippen LogP contribution in [0.4, 0.5) is 4.79 Å². The number of amides is 2. The molecule has 2 amide bonds. The van der Waals surface area contributed by atoms with Crippen LogP contribution in [0.25, 0.3) is 0 Å². The molecule has 0 heterocycles. The topological polar surface area (TPSA) is 81.7 Å². The van der Waals surface area contributed by atoms with E-state index in [1.165, 1.54) is 0 Å². The van der Waals surface area contributed by atoms with Crippen LogP contribution < -0.4 is 10.6 Å². The summed E-state index contributed by atoms with van der Waals surface area (Å²) in [5.74, 6) is -1.26. The Balaban J connectivity index is 3.53. The van der Waals surface area contributed by atoms with Gasteiger partial charge in [-0.25, -0.2) is 4.79 Å². The van der Waals surface area contributed by atoms with E-state index in [2.05, 4.69) is 36.4 Å². The highest BCUT2D eigenvalue weighted by molar-refractivity contribution is 5.74. The van der Waals surface area contributed by atoms with Gasteiger partial charge in [0.05, 0.1) is 5.92 Å². The second kappa shape index (κ2) is 9.61. The first-order valence-electron chi connectivity index (χ1n) is 6.79. The van der Waals surface area contributed by atoms with Gasteiger partial charge in [-0.05, 0) is 40.3 Å². The van der Waals surface area contributed by atoms with Gasteiger partial charge in [-0.1, -0.05) is 6.92 Å². The SMILES string of the molecule is CC(CCNC(=O)NCCCN(C)C(C)C)C(=O)O. The van der Waals surface area contributed by atoms with Crippen LogP contribution in [0.3, 0.4) is 0 Å². The van der Waals surface area contributed by atoms with E-state index in [1.54, 1.807) is 6.92 Å². The van der Waals surface area contributed by atoms with Gasteiger partial charge in [0.15, 0.2) is 0 Å². The maximum absolute atomic E-state index is 11.4. The summed E-state index contributed by atoms with van der Waals surface area (Å²) in [6.07, 6.45) is 1.34. The number of nitrogens with one attached hydrogen (secondary N) is 2. The van der Waals surface area contributed by atoms with Crippen molar-refractivity contribution in [3.05, 3.63) is 0 Å². The quantitative estimate of drug-likeness (QED) is 0.550. The predicted molar refractivity (Wildman–Crippen MR) is 75.2 cm³/mol. The smallest absolute Gasteiger partial charge is 0.314 e. The standard InChI is InChI=1S/C13H27N3O3/c1-10(2)16(4)9-5-7-14-13(19)15-8-6-11(3)12(17)18/h10-11H,5-9H2,1-4H3,(H,17,18)(H2,14,15,19). The molecule has 0 aliphatic rings. The average molecular weight is 273 g/mol. The van der Waals surface area contributed by atoms with Crippen LogP contribution in [0.2, 0.25) is 0 Å². The summed E-state index contributed by atoms with van der Waals surface area (Å²) in [5, 5.41) is 14.1. The maximum atomic E-state index is 11.4. The Morgan fingerprint density at radius 1 is 1.16 bits per heavy atom. The first kappa shape index (κ1) is 17.7. The fraction of sp³-hybridized carbons (Fsp3) is 0.846. The van der Waals surface area contributed by atoms with Gasteiger partial charge in [0.25, 0.3) is 0 Å². The number of aliphatic carboxylic acids is 1. The summed E-state index contributed by atoms with van der Waals surface area (Å²) < 4.78 is 0. The number of hydrogen-bond donors (Lipinski definition) is 3. The summed E-state index contributed by atoms with van der Waals surface area (Å²) >= 11 is 0. The molecule has 0 aromatic rings. The van der Waals surface area contributed by atoms with Gasteiger partial charge in [-0.2, -0.15) is 0 Å². The highest BCUT2D eigenvalue weighted by Gasteiger charge is 2.10. The van der Waals surface area contributed by atoms with E-state index in [9.17, 15) is 9.59 Å². The van der Waals surface area contributed by atoms with Crippen molar-refractivity contribution in [1.82, 2.24) is 15.5 Å². The number of urea groups is 1. The number of carboxylic acids is 1. The number of carbonyl (C=O) groups is 2. The summed E-state index contributed by atoms with van der Waals surface area (Å²) in [6, 6.07) is 0.274. The molecule has 0 aromatic heterocycles. The van der Waals surface area contributed by atoms with E-state index in [-0.39, 0.29) is 6.03 Å². The number of carbonyl (C=O) groups excluding carboxylic acids is 1. The Bertz CT molecular complexity index is 282. The molecule has 112 valence electrons. The molecule has 0 saturated carbocycles. The van der Waals surface area contributed by atoms with E-state index in [1.807, 2.05) is 0 Å². The lowest BCUT2D eigenvalue weighted by Gasteiger charge is -2.20. The highest BCUT2D eigenvalue weighted by atomic mass is 16.4. The van der Waals surface area contributed by atoms with Crippen LogP contribution in [0.1, 0.15) is 33.6 Å². The van der Waals surface area contributed by atoms with Gasteiger partial charge in [0.2, 0.25) is 0 Å². The Kier molecular flexibility index (Phi) is 8.95. The second-order valence-electron chi connectivity index (χ2n) is 5.14. The fourth-order valence-electron chi connectivity index (χ4n) is 1.38. The van der Waals surface area contributed by atoms with Crippen molar-refractivity contribution in [3.63, 3.8) is 0 Å². The number of nitrogens with zero attached hydrogens (tertiary/aromatic N) is 1. The van der Waals surface area contributed by atoms with Crippen LogP contribution in [0.5, 0.6) is 0 Å². The summed E-state index contributed by atoms with van der Waals surface area (Å²) in [5.41, 5.74) is 0. The van der Waals surface area contributed by atoms with E-state index in [0.717, 1.165) is 13.0 Å². The van der Waals surface area contributed by atoms with Crippen molar-refractivity contribution in [3.8, 4) is 0 Å².